The van der Waals surface area contributed by atoms with Gasteiger partial charge in [0.25, 0.3) is 5.91 Å². The van der Waals surface area contributed by atoms with Crippen molar-refractivity contribution in [1.29, 1.82) is 0 Å². The molecule has 0 radical (unpaired) electrons. The second-order valence-corrected chi connectivity index (χ2v) is 7.95. The van der Waals surface area contributed by atoms with Crippen LogP contribution in [0.3, 0.4) is 0 Å². The molecule has 1 unspecified atom stereocenters. The van der Waals surface area contributed by atoms with Crippen molar-refractivity contribution in [2.75, 3.05) is 6.54 Å². The second kappa shape index (κ2) is 8.90. The van der Waals surface area contributed by atoms with Crippen LogP contribution in [0.5, 0.6) is 0 Å². The van der Waals surface area contributed by atoms with Crippen molar-refractivity contribution in [2.24, 2.45) is 5.92 Å². The number of fused-ring (bicyclic) bond motifs is 1. The number of hydrogen-bond acceptors (Lipinski definition) is 3. The van der Waals surface area contributed by atoms with Gasteiger partial charge in [-0.1, -0.05) is 43.2 Å². The van der Waals surface area contributed by atoms with Crippen LogP contribution in [-0.2, 0) is 4.79 Å². The van der Waals surface area contributed by atoms with E-state index in [1.807, 2.05) is 56.3 Å². The molecule has 1 aromatic heterocycles. The summed E-state index contributed by atoms with van der Waals surface area (Å²) in [5, 5.41) is 5.72. The zero-order valence-corrected chi connectivity index (χ0v) is 17.4. The molecule has 2 amide bonds. The van der Waals surface area contributed by atoms with Crippen LogP contribution in [0.4, 0.5) is 0 Å². The van der Waals surface area contributed by atoms with E-state index >= 15 is 0 Å². The summed E-state index contributed by atoms with van der Waals surface area (Å²) in [4.78, 5) is 32.8. The number of nitrogens with zero attached hydrogens (tertiary/aromatic N) is 1. The fraction of sp³-hybridized carbons (Fsp3) is 0.348. The van der Waals surface area contributed by atoms with Crippen molar-refractivity contribution < 1.29 is 9.59 Å². The number of H-pyrrole nitrogens is 1. The Balaban J connectivity index is 1.66. The summed E-state index contributed by atoms with van der Waals surface area (Å²) < 4.78 is 0. The molecule has 0 bridgehead atoms. The minimum absolute atomic E-state index is 0.0827. The molecule has 0 aliphatic heterocycles. The van der Waals surface area contributed by atoms with Crippen LogP contribution in [0.2, 0.25) is 0 Å². The number of hydrogen-bond donors (Lipinski definition) is 3. The highest BCUT2D eigenvalue weighted by Crippen LogP contribution is 2.21. The first-order chi connectivity index (χ1) is 13.8. The summed E-state index contributed by atoms with van der Waals surface area (Å²) in [6.45, 7) is 8.01. The van der Waals surface area contributed by atoms with E-state index in [4.69, 9.17) is 0 Å². The smallest absolute Gasteiger partial charge is 0.251 e. The molecule has 29 heavy (non-hydrogen) atoms. The highest BCUT2D eigenvalue weighted by molar-refractivity contribution is 5.96. The van der Waals surface area contributed by atoms with E-state index in [0.717, 1.165) is 34.4 Å². The Labute approximate surface area is 171 Å². The van der Waals surface area contributed by atoms with E-state index in [9.17, 15) is 9.59 Å². The second-order valence-electron chi connectivity index (χ2n) is 7.95. The molecule has 0 spiro atoms. The lowest BCUT2D eigenvalue weighted by atomic mass is 10.0. The molecule has 0 saturated carbocycles. The van der Waals surface area contributed by atoms with Crippen LogP contribution >= 0.6 is 0 Å². The number of imidazole rings is 1. The Morgan fingerprint density at radius 2 is 1.76 bits per heavy atom. The average molecular weight is 393 g/mol. The number of benzene rings is 2. The third-order valence-corrected chi connectivity index (χ3v) is 4.67. The maximum atomic E-state index is 12.5. The Kier molecular flexibility index (Phi) is 6.32. The van der Waals surface area contributed by atoms with Gasteiger partial charge in [-0.3, -0.25) is 9.59 Å². The summed E-state index contributed by atoms with van der Waals surface area (Å²) in [6, 6.07) is 13.2. The molecule has 6 nitrogen and oxygen atoms in total. The van der Waals surface area contributed by atoms with Gasteiger partial charge in [0.15, 0.2) is 0 Å². The van der Waals surface area contributed by atoms with E-state index in [2.05, 4.69) is 34.4 Å². The predicted octanol–water partition coefficient (Wildman–Crippen LogP) is 3.81. The Hall–Kier alpha value is -3.15. The highest BCUT2D eigenvalue weighted by atomic mass is 16.2. The Morgan fingerprint density at radius 3 is 2.41 bits per heavy atom. The van der Waals surface area contributed by atoms with E-state index in [1.54, 1.807) is 0 Å². The van der Waals surface area contributed by atoms with E-state index in [0.29, 0.717) is 11.5 Å². The molecular weight excluding hydrogens is 364 g/mol. The topological polar surface area (TPSA) is 86.9 Å². The maximum Gasteiger partial charge on any atom is 0.251 e. The monoisotopic (exact) mass is 392 g/mol. The van der Waals surface area contributed by atoms with Gasteiger partial charge in [-0.05, 0) is 50.5 Å². The van der Waals surface area contributed by atoms with E-state index in [-0.39, 0.29) is 24.4 Å². The van der Waals surface area contributed by atoms with Crippen molar-refractivity contribution in [3.05, 3.63) is 65.0 Å². The number of nitrogens with one attached hydrogen (secondary N) is 3. The summed E-state index contributed by atoms with van der Waals surface area (Å²) in [7, 11) is 0. The molecule has 1 heterocycles. The molecule has 3 aromatic rings. The lowest BCUT2D eigenvalue weighted by Gasteiger charge is -2.19. The molecule has 0 saturated heterocycles. The van der Waals surface area contributed by atoms with Gasteiger partial charge >= 0.3 is 0 Å². The van der Waals surface area contributed by atoms with Crippen molar-refractivity contribution in [2.45, 2.75) is 40.2 Å². The first-order valence-corrected chi connectivity index (χ1v) is 9.92. The van der Waals surface area contributed by atoms with Crippen LogP contribution in [0.15, 0.2) is 42.5 Å². The number of aryl methyl sites for hydroxylation is 2. The summed E-state index contributed by atoms with van der Waals surface area (Å²) >= 11 is 0. The summed E-state index contributed by atoms with van der Waals surface area (Å²) in [6.07, 6.45) is 0.747. The van der Waals surface area contributed by atoms with Crippen LogP contribution in [0, 0.1) is 19.8 Å². The van der Waals surface area contributed by atoms with Gasteiger partial charge in [-0.15, -0.1) is 0 Å². The number of carbonyl (C=O) groups excluding carboxylic acids is 2. The van der Waals surface area contributed by atoms with Crippen LogP contribution in [-0.4, -0.2) is 28.3 Å². The fourth-order valence-electron chi connectivity index (χ4n) is 3.46. The lowest BCUT2D eigenvalue weighted by Crippen LogP contribution is -2.39. The number of aromatic amines is 1. The van der Waals surface area contributed by atoms with Gasteiger partial charge < -0.3 is 15.6 Å². The molecule has 0 aliphatic carbocycles. The summed E-state index contributed by atoms with van der Waals surface area (Å²) in [5.74, 6) is 0.609. The molecular formula is C23H28N4O2. The number of aromatic nitrogens is 2. The minimum atomic E-state index is -0.254. The first kappa shape index (κ1) is 20.6. The van der Waals surface area contributed by atoms with Crippen LogP contribution in [0.1, 0.15) is 53.6 Å². The van der Waals surface area contributed by atoms with E-state index < -0.39 is 0 Å². The quantitative estimate of drug-likeness (QED) is 0.571. The molecule has 6 heteroatoms. The van der Waals surface area contributed by atoms with Gasteiger partial charge in [-0.2, -0.15) is 0 Å². The van der Waals surface area contributed by atoms with Crippen LogP contribution < -0.4 is 10.6 Å². The van der Waals surface area contributed by atoms with Gasteiger partial charge in [0, 0.05) is 5.56 Å². The van der Waals surface area contributed by atoms with Crippen molar-refractivity contribution in [1.82, 2.24) is 20.6 Å². The number of rotatable bonds is 7. The molecule has 3 N–H and O–H groups in total. The molecule has 0 fully saturated rings. The Bertz CT molecular complexity index is 969. The zero-order valence-electron chi connectivity index (χ0n) is 17.4. The zero-order chi connectivity index (χ0) is 21.0. The van der Waals surface area contributed by atoms with Crippen molar-refractivity contribution >= 4 is 22.8 Å². The third-order valence-electron chi connectivity index (χ3n) is 4.67. The van der Waals surface area contributed by atoms with Gasteiger partial charge in [0.2, 0.25) is 5.91 Å². The fourth-order valence-corrected chi connectivity index (χ4v) is 3.46. The minimum Gasteiger partial charge on any atom is -0.345 e. The largest absolute Gasteiger partial charge is 0.345 e. The Morgan fingerprint density at radius 1 is 1.07 bits per heavy atom. The normalized spacial score (nSPS) is 12.2. The number of para-hydroxylation sites is 2. The lowest BCUT2D eigenvalue weighted by molar-refractivity contribution is -0.121. The summed E-state index contributed by atoms with van der Waals surface area (Å²) in [5.41, 5.74) is 4.40. The highest BCUT2D eigenvalue weighted by Gasteiger charge is 2.20. The van der Waals surface area contributed by atoms with Gasteiger partial charge in [0.1, 0.15) is 5.82 Å². The van der Waals surface area contributed by atoms with Crippen molar-refractivity contribution in [3.8, 4) is 0 Å². The standard InChI is InChI=1S/C23H28N4O2/c1-14(2)9-20(22-26-18-7-5-6-8-19(18)27-22)25-21(28)13-24-23(29)17-11-15(3)10-16(4)12-17/h5-8,10-12,14,20H,9,13H2,1-4H3,(H,24,29)(H,25,28)(H,26,27). The maximum absolute atomic E-state index is 12.5. The average Bonchev–Trinajstić information content (AvgIpc) is 3.08. The van der Waals surface area contributed by atoms with Gasteiger partial charge in [-0.25, -0.2) is 4.98 Å². The van der Waals surface area contributed by atoms with E-state index in [1.165, 1.54) is 0 Å². The van der Waals surface area contributed by atoms with Gasteiger partial charge in [0.05, 0.1) is 23.6 Å². The predicted molar refractivity (Wildman–Crippen MR) is 115 cm³/mol. The third kappa shape index (κ3) is 5.44. The molecule has 152 valence electrons. The molecule has 0 aliphatic rings. The number of carbonyl (C=O) groups is 2. The first-order valence-electron chi connectivity index (χ1n) is 9.92. The SMILES string of the molecule is Cc1cc(C)cc(C(=O)NCC(=O)NC(CC(C)C)c2nc3ccccc3[nH]2)c1. The molecule has 3 rings (SSSR count). The molecule has 1 atom stereocenters. The van der Waals surface area contributed by atoms with Crippen molar-refractivity contribution in [3.63, 3.8) is 0 Å². The van der Waals surface area contributed by atoms with Crippen LogP contribution in [0.25, 0.3) is 11.0 Å². The number of amides is 2. The molecule has 2 aromatic carbocycles.